The molecule has 0 saturated heterocycles. The lowest BCUT2D eigenvalue weighted by Crippen LogP contribution is -2.19. The van der Waals surface area contributed by atoms with Crippen LogP contribution >= 0.6 is 0 Å². The fourth-order valence-corrected chi connectivity index (χ4v) is 2.21. The molecule has 2 rings (SSSR count). The average molecular weight is 259 g/mol. The SMILES string of the molecule is NCC(Cc1ccc(F)cc1)Cc1cccc(O)c1. The van der Waals surface area contributed by atoms with Gasteiger partial charge in [-0.1, -0.05) is 24.3 Å². The van der Waals surface area contributed by atoms with Crippen molar-refractivity contribution < 1.29 is 9.50 Å². The van der Waals surface area contributed by atoms with Gasteiger partial charge in [-0.05, 0) is 60.7 Å². The van der Waals surface area contributed by atoms with Crippen LogP contribution in [-0.2, 0) is 12.8 Å². The van der Waals surface area contributed by atoms with E-state index >= 15 is 0 Å². The van der Waals surface area contributed by atoms with E-state index in [1.807, 2.05) is 12.1 Å². The van der Waals surface area contributed by atoms with E-state index in [0.717, 1.165) is 24.0 Å². The van der Waals surface area contributed by atoms with E-state index in [9.17, 15) is 9.50 Å². The molecule has 2 nitrogen and oxygen atoms in total. The number of nitrogens with two attached hydrogens (primary N) is 1. The molecular formula is C16H18FNO. The molecule has 0 aromatic heterocycles. The summed E-state index contributed by atoms with van der Waals surface area (Å²) < 4.78 is 12.8. The van der Waals surface area contributed by atoms with Gasteiger partial charge in [-0.15, -0.1) is 0 Å². The number of halogens is 1. The maximum absolute atomic E-state index is 12.8. The molecule has 3 heteroatoms. The molecule has 0 aliphatic carbocycles. The van der Waals surface area contributed by atoms with Gasteiger partial charge in [-0.25, -0.2) is 4.39 Å². The lowest BCUT2D eigenvalue weighted by Gasteiger charge is -2.15. The topological polar surface area (TPSA) is 46.2 Å². The second-order valence-electron chi connectivity index (χ2n) is 4.81. The number of hydrogen-bond acceptors (Lipinski definition) is 2. The third kappa shape index (κ3) is 4.07. The minimum Gasteiger partial charge on any atom is -0.508 e. The van der Waals surface area contributed by atoms with Crippen molar-refractivity contribution in [3.05, 3.63) is 65.5 Å². The summed E-state index contributed by atoms with van der Waals surface area (Å²) in [4.78, 5) is 0. The van der Waals surface area contributed by atoms with Crippen LogP contribution in [-0.4, -0.2) is 11.7 Å². The van der Waals surface area contributed by atoms with E-state index < -0.39 is 0 Å². The van der Waals surface area contributed by atoms with Gasteiger partial charge >= 0.3 is 0 Å². The standard InChI is InChI=1S/C16H18FNO/c17-15-6-4-12(5-7-15)8-14(11-18)9-13-2-1-3-16(19)10-13/h1-7,10,14,19H,8-9,11,18H2. The van der Waals surface area contributed by atoms with Crippen LogP contribution in [0.4, 0.5) is 4.39 Å². The zero-order chi connectivity index (χ0) is 13.7. The summed E-state index contributed by atoms with van der Waals surface area (Å²) in [6.07, 6.45) is 1.62. The fourth-order valence-electron chi connectivity index (χ4n) is 2.21. The Morgan fingerprint density at radius 3 is 2.32 bits per heavy atom. The third-order valence-corrected chi connectivity index (χ3v) is 3.21. The van der Waals surface area contributed by atoms with E-state index in [2.05, 4.69) is 0 Å². The Labute approximate surface area is 112 Å². The molecule has 3 N–H and O–H groups in total. The fraction of sp³-hybridized carbons (Fsp3) is 0.250. The van der Waals surface area contributed by atoms with Crippen molar-refractivity contribution in [3.8, 4) is 5.75 Å². The van der Waals surface area contributed by atoms with Gasteiger partial charge in [0, 0.05) is 0 Å². The molecule has 100 valence electrons. The predicted molar refractivity (Wildman–Crippen MR) is 74.5 cm³/mol. The van der Waals surface area contributed by atoms with E-state index in [0.29, 0.717) is 6.54 Å². The largest absolute Gasteiger partial charge is 0.508 e. The maximum Gasteiger partial charge on any atom is 0.123 e. The zero-order valence-electron chi connectivity index (χ0n) is 10.7. The predicted octanol–water partition coefficient (Wildman–Crippen LogP) is 2.89. The highest BCUT2D eigenvalue weighted by molar-refractivity contribution is 5.27. The first-order chi connectivity index (χ1) is 9.17. The molecule has 2 aromatic rings. The molecule has 1 unspecified atom stereocenters. The molecule has 0 radical (unpaired) electrons. The minimum atomic E-state index is -0.221. The Morgan fingerprint density at radius 1 is 1.00 bits per heavy atom. The highest BCUT2D eigenvalue weighted by Crippen LogP contribution is 2.17. The highest BCUT2D eigenvalue weighted by atomic mass is 19.1. The molecule has 0 aliphatic rings. The number of rotatable bonds is 5. The van der Waals surface area contributed by atoms with E-state index in [-0.39, 0.29) is 17.5 Å². The van der Waals surface area contributed by atoms with E-state index in [1.54, 1.807) is 24.3 Å². The number of hydrogen-bond donors (Lipinski definition) is 2. The second-order valence-corrected chi connectivity index (χ2v) is 4.81. The summed E-state index contributed by atoms with van der Waals surface area (Å²) in [6, 6.07) is 13.7. The van der Waals surface area contributed by atoms with Crippen LogP contribution in [0.1, 0.15) is 11.1 Å². The van der Waals surface area contributed by atoms with Crippen LogP contribution in [0.3, 0.4) is 0 Å². The molecular weight excluding hydrogens is 241 g/mol. The summed E-state index contributed by atoms with van der Waals surface area (Å²) in [6.45, 7) is 0.563. The minimum absolute atomic E-state index is 0.221. The first kappa shape index (κ1) is 13.6. The molecule has 0 heterocycles. The Bertz CT molecular complexity index is 525. The van der Waals surface area contributed by atoms with Crippen LogP contribution in [0.15, 0.2) is 48.5 Å². The van der Waals surface area contributed by atoms with Crippen molar-refractivity contribution in [3.63, 3.8) is 0 Å². The van der Waals surface area contributed by atoms with Crippen LogP contribution in [0.5, 0.6) is 5.75 Å². The number of benzene rings is 2. The van der Waals surface area contributed by atoms with E-state index in [1.165, 1.54) is 12.1 Å². The lowest BCUT2D eigenvalue weighted by atomic mass is 9.92. The summed E-state index contributed by atoms with van der Waals surface area (Å²) in [7, 11) is 0. The average Bonchev–Trinajstić information content (AvgIpc) is 2.40. The summed E-state index contributed by atoms with van der Waals surface area (Å²) in [5.74, 6) is 0.336. The summed E-state index contributed by atoms with van der Waals surface area (Å²) in [5.41, 5.74) is 7.95. The number of phenolic OH excluding ortho intramolecular Hbond substituents is 1. The molecule has 19 heavy (non-hydrogen) atoms. The molecule has 0 amide bonds. The summed E-state index contributed by atoms with van der Waals surface area (Å²) >= 11 is 0. The van der Waals surface area contributed by atoms with Crippen LogP contribution in [0.25, 0.3) is 0 Å². The normalized spacial score (nSPS) is 12.3. The lowest BCUT2D eigenvalue weighted by molar-refractivity contribution is 0.472. The van der Waals surface area contributed by atoms with Crippen molar-refractivity contribution in [1.29, 1.82) is 0 Å². The van der Waals surface area contributed by atoms with Crippen LogP contribution in [0, 0.1) is 11.7 Å². The molecule has 0 spiro atoms. The van der Waals surface area contributed by atoms with Crippen LogP contribution in [0.2, 0.25) is 0 Å². The van der Waals surface area contributed by atoms with Crippen LogP contribution < -0.4 is 5.73 Å². The van der Waals surface area contributed by atoms with Gasteiger partial charge in [-0.3, -0.25) is 0 Å². The zero-order valence-corrected chi connectivity index (χ0v) is 10.7. The Kier molecular flexibility index (Phi) is 4.53. The molecule has 0 saturated carbocycles. The highest BCUT2D eigenvalue weighted by Gasteiger charge is 2.09. The smallest absolute Gasteiger partial charge is 0.123 e. The number of phenols is 1. The Balaban J connectivity index is 2.02. The van der Waals surface area contributed by atoms with Crippen molar-refractivity contribution in [1.82, 2.24) is 0 Å². The van der Waals surface area contributed by atoms with Gasteiger partial charge in [0.25, 0.3) is 0 Å². The molecule has 0 bridgehead atoms. The molecule has 0 aliphatic heterocycles. The Morgan fingerprint density at radius 2 is 1.68 bits per heavy atom. The first-order valence-corrected chi connectivity index (χ1v) is 6.40. The van der Waals surface area contributed by atoms with Gasteiger partial charge in [0.05, 0.1) is 0 Å². The van der Waals surface area contributed by atoms with Gasteiger partial charge in [0.15, 0.2) is 0 Å². The Hall–Kier alpha value is -1.87. The summed E-state index contributed by atoms with van der Waals surface area (Å²) in [5, 5.41) is 9.45. The number of aromatic hydroxyl groups is 1. The monoisotopic (exact) mass is 259 g/mol. The van der Waals surface area contributed by atoms with Crippen molar-refractivity contribution in [2.45, 2.75) is 12.8 Å². The van der Waals surface area contributed by atoms with Crippen molar-refractivity contribution in [2.24, 2.45) is 11.7 Å². The van der Waals surface area contributed by atoms with Gasteiger partial charge in [0.1, 0.15) is 11.6 Å². The van der Waals surface area contributed by atoms with Gasteiger partial charge in [0.2, 0.25) is 0 Å². The third-order valence-electron chi connectivity index (χ3n) is 3.21. The van der Waals surface area contributed by atoms with Gasteiger partial charge in [-0.2, -0.15) is 0 Å². The molecule has 2 aromatic carbocycles. The van der Waals surface area contributed by atoms with E-state index in [4.69, 9.17) is 5.73 Å². The molecule has 1 atom stereocenters. The quantitative estimate of drug-likeness (QED) is 0.867. The second kappa shape index (κ2) is 6.34. The maximum atomic E-state index is 12.8. The first-order valence-electron chi connectivity index (χ1n) is 6.40. The van der Waals surface area contributed by atoms with Crippen molar-refractivity contribution in [2.75, 3.05) is 6.54 Å². The van der Waals surface area contributed by atoms with Crippen molar-refractivity contribution >= 4 is 0 Å². The molecule has 0 fully saturated rings. The van der Waals surface area contributed by atoms with Gasteiger partial charge < -0.3 is 10.8 Å².